The number of nitrogens with one attached hydrogen (secondary N) is 1. The lowest BCUT2D eigenvalue weighted by molar-refractivity contribution is 0.581. The van der Waals surface area contributed by atoms with Crippen LogP contribution in [0.3, 0.4) is 0 Å². The third-order valence-electron chi connectivity index (χ3n) is 2.48. The lowest BCUT2D eigenvalue weighted by Crippen LogP contribution is -2.26. The van der Waals surface area contributed by atoms with Gasteiger partial charge in [0.1, 0.15) is 5.82 Å². The number of thioether (sulfide) groups is 1. The van der Waals surface area contributed by atoms with E-state index in [9.17, 15) is 4.39 Å². The Bertz CT molecular complexity index is 327. The van der Waals surface area contributed by atoms with E-state index in [1.165, 1.54) is 5.56 Å². The zero-order valence-electron chi connectivity index (χ0n) is 8.22. The van der Waals surface area contributed by atoms with Gasteiger partial charge >= 0.3 is 0 Å². The molecule has 0 aromatic heterocycles. The normalized spacial score (nSPS) is 20.6. The molecule has 1 aromatic rings. The van der Waals surface area contributed by atoms with E-state index < -0.39 is 0 Å². The van der Waals surface area contributed by atoms with Crippen molar-refractivity contribution in [1.82, 2.24) is 5.32 Å². The van der Waals surface area contributed by atoms with E-state index in [-0.39, 0.29) is 5.82 Å². The van der Waals surface area contributed by atoms with Crippen LogP contribution in [0.5, 0.6) is 0 Å². The molecule has 1 heterocycles. The van der Waals surface area contributed by atoms with Crippen LogP contribution in [0, 0.1) is 5.82 Å². The Morgan fingerprint density at radius 1 is 1.57 bits per heavy atom. The molecule has 76 valence electrons. The minimum absolute atomic E-state index is 0.126. The third-order valence-corrected chi connectivity index (χ3v) is 3.56. The van der Waals surface area contributed by atoms with Crippen LogP contribution in [0.4, 0.5) is 4.39 Å². The van der Waals surface area contributed by atoms with Gasteiger partial charge in [-0.15, -0.1) is 0 Å². The van der Waals surface area contributed by atoms with Crippen molar-refractivity contribution >= 4 is 11.8 Å². The van der Waals surface area contributed by atoms with Crippen molar-refractivity contribution in [3.05, 3.63) is 35.1 Å². The van der Waals surface area contributed by atoms with Gasteiger partial charge in [-0.05, 0) is 29.8 Å². The second-order valence-corrected chi connectivity index (χ2v) is 4.50. The smallest absolute Gasteiger partial charge is 0.123 e. The van der Waals surface area contributed by atoms with Crippen LogP contribution in [-0.2, 0) is 5.75 Å². The summed E-state index contributed by atoms with van der Waals surface area (Å²) >= 11 is 1.91. The summed E-state index contributed by atoms with van der Waals surface area (Å²) in [7, 11) is 0. The van der Waals surface area contributed by atoms with Gasteiger partial charge < -0.3 is 5.32 Å². The molecule has 0 spiro atoms. The van der Waals surface area contributed by atoms with E-state index in [2.05, 4.69) is 12.2 Å². The first-order valence-corrected chi connectivity index (χ1v) is 6.06. The number of fused-ring (bicyclic) bond motifs is 1. The number of halogens is 1. The molecule has 0 amide bonds. The predicted molar refractivity (Wildman–Crippen MR) is 59.0 cm³/mol. The van der Waals surface area contributed by atoms with Crippen molar-refractivity contribution in [3.63, 3.8) is 0 Å². The first-order chi connectivity index (χ1) is 6.81. The summed E-state index contributed by atoms with van der Waals surface area (Å²) in [6.07, 6.45) is 0. The highest BCUT2D eigenvalue weighted by molar-refractivity contribution is 7.98. The topological polar surface area (TPSA) is 12.0 Å². The first-order valence-electron chi connectivity index (χ1n) is 4.90. The molecule has 0 aliphatic carbocycles. The van der Waals surface area contributed by atoms with Crippen LogP contribution in [0.2, 0.25) is 0 Å². The number of benzene rings is 1. The summed E-state index contributed by atoms with van der Waals surface area (Å²) in [4.78, 5) is 0. The lowest BCUT2D eigenvalue weighted by Gasteiger charge is -2.25. The average molecular weight is 211 g/mol. The van der Waals surface area contributed by atoms with Crippen LogP contribution in [0.15, 0.2) is 18.2 Å². The number of rotatable bonds is 2. The predicted octanol–water partition coefficient (Wildman–Crippen LogP) is 2.72. The molecule has 0 saturated carbocycles. The molecule has 1 aromatic carbocycles. The zero-order chi connectivity index (χ0) is 9.97. The summed E-state index contributed by atoms with van der Waals surface area (Å²) in [5.41, 5.74) is 2.42. The minimum atomic E-state index is -0.126. The Kier molecular flexibility index (Phi) is 3.08. The van der Waals surface area contributed by atoms with Crippen molar-refractivity contribution in [2.75, 3.05) is 12.3 Å². The SMILES string of the molecule is CCNC1CSCc2ccc(F)cc21. The van der Waals surface area contributed by atoms with Gasteiger partial charge in [-0.25, -0.2) is 4.39 Å². The monoisotopic (exact) mass is 211 g/mol. The Morgan fingerprint density at radius 2 is 2.43 bits per heavy atom. The number of hydrogen-bond acceptors (Lipinski definition) is 2. The molecule has 2 rings (SSSR count). The third kappa shape index (κ3) is 1.93. The Morgan fingerprint density at radius 3 is 3.21 bits per heavy atom. The van der Waals surface area contributed by atoms with Gasteiger partial charge in [-0.2, -0.15) is 11.8 Å². The highest BCUT2D eigenvalue weighted by Crippen LogP contribution is 2.31. The summed E-state index contributed by atoms with van der Waals surface area (Å²) < 4.78 is 13.1. The van der Waals surface area contributed by atoms with Gasteiger partial charge in [0.15, 0.2) is 0 Å². The van der Waals surface area contributed by atoms with Crippen molar-refractivity contribution in [2.24, 2.45) is 0 Å². The summed E-state index contributed by atoms with van der Waals surface area (Å²) in [6, 6.07) is 5.45. The van der Waals surface area contributed by atoms with Gasteiger partial charge in [0.2, 0.25) is 0 Å². The van der Waals surface area contributed by atoms with Gasteiger partial charge in [0.25, 0.3) is 0 Å². The van der Waals surface area contributed by atoms with E-state index in [1.807, 2.05) is 17.8 Å². The van der Waals surface area contributed by atoms with Crippen LogP contribution in [-0.4, -0.2) is 12.3 Å². The van der Waals surface area contributed by atoms with E-state index in [4.69, 9.17) is 0 Å². The van der Waals surface area contributed by atoms with E-state index in [0.717, 1.165) is 23.6 Å². The van der Waals surface area contributed by atoms with Crippen molar-refractivity contribution < 1.29 is 4.39 Å². The lowest BCUT2D eigenvalue weighted by atomic mass is 10.0. The van der Waals surface area contributed by atoms with Crippen LogP contribution in [0.25, 0.3) is 0 Å². The van der Waals surface area contributed by atoms with Crippen LogP contribution in [0.1, 0.15) is 24.1 Å². The molecule has 14 heavy (non-hydrogen) atoms. The van der Waals surface area contributed by atoms with Crippen LogP contribution >= 0.6 is 11.8 Å². The maximum atomic E-state index is 13.1. The Labute approximate surface area is 88.1 Å². The molecule has 0 bridgehead atoms. The van der Waals surface area contributed by atoms with Crippen molar-refractivity contribution in [2.45, 2.75) is 18.7 Å². The Balaban J connectivity index is 2.32. The molecular weight excluding hydrogens is 197 g/mol. The van der Waals surface area contributed by atoms with E-state index in [0.29, 0.717) is 6.04 Å². The van der Waals surface area contributed by atoms with Gasteiger partial charge in [0, 0.05) is 17.5 Å². The maximum absolute atomic E-state index is 13.1. The molecule has 1 atom stereocenters. The summed E-state index contributed by atoms with van der Waals surface area (Å²) in [5.74, 6) is 1.93. The van der Waals surface area contributed by atoms with Crippen LogP contribution < -0.4 is 5.32 Å². The zero-order valence-corrected chi connectivity index (χ0v) is 9.03. The maximum Gasteiger partial charge on any atom is 0.123 e. The van der Waals surface area contributed by atoms with Gasteiger partial charge in [-0.1, -0.05) is 13.0 Å². The summed E-state index contributed by atoms with van der Waals surface area (Å²) in [6.45, 7) is 3.01. The minimum Gasteiger partial charge on any atom is -0.309 e. The molecule has 1 N–H and O–H groups in total. The number of hydrogen-bond donors (Lipinski definition) is 1. The van der Waals surface area contributed by atoms with Gasteiger partial charge in [0.05, 0.1) is 0 Å². The average Bonchev–Trinajstić information content (AvgIpc) is 2.19. The standard InChI is InChI=1S/C11H14FNS/c1-2-13-11-7-14-6-8-3-4-9(12)5-10(8)11/h3-5,11,13H,2,6-7H2,1H3. The summed E-state index contributed by atoms with van der Waals surface area (Å²) in [5, 5.41) is 3.38. The van der Waals surface area contributed by atoms with Crippen molar-refractivity contribution in [3.8, 4) is 0 Å². The van der Waals surface area contributed by atoms with Crippen molar-refractivity contribution in [1.29, 1.82) is 0 Å². The second-order valence-electron chi connectivity index (χ2n) is 3.47. The Hall–Kier alpha value is -0.540. The first kappa shape index (κ1) is 9.99. The van der Waals surface area contributed by atoms with E-state index in [1.54, 1.807) is 12.1 Å². The largest absolute Gasteiger partial charge is 0.309 e. The fraction of sp³-hybridized carbons (Fsp3) is 0.455. The highest BCUT2D eigenvalue weighted by Gasteiger charge is 2.19. The molecule has 1 unspecified atom stereocenters. The second kappa shape index (κ2) is 4.32. The molecule has 0 fully saturated rings. The molecule has 0 saturated heterocycles. The molecule has 1 nitrogen and oxygen atoms in total. The molecule has 3 heteroatoms. The fourth-order valence-electron chi connectivity index (χ4n) is 1.81. The molecule has 0 radical (unpaired) electrons. The van der Waals surface area contributed by atoms with Gasteiger partial charge in [-0.3, -0.25) is 0 Å². The highest BCUT2D eigenvalue weighted by atomic mass is 32.2. The quantitative estimate of drug-likeness (QED) is 0.807. The molecular formula is C11H14FNS. The molecule has 1 aliphatic heterocycles. The van der Waals surface area contributed by atoms with E-state index >= 15 is 0 Å². The molecule has 1 aliphatic rings. The fourth-order valence-corrected chi connectivity index (χ4v) is 2.95.